The van der Waals surface area contributed by atoms with Gasteiger partial charge in [0.2, 0.25) is 0 Å². The largest absolute Gasteiger partial charge is 1.00 e. The van der Waals surface area contributed by atoms with Gasteiger partial charge in [-0.1, -0.05) is 189 Å². The Balaban J connectivity index is 0. The van der Waals surface area contributed by atoms with E-state index in [-0.39, 0.29) is 50.6 Å². The van der Waals surface area contributed by atoms with Crippen molar-refractivity contribution in [2.45, 2.75) is 246 Å². The smallest absolute Gasteiger partial charge is 0.333 e. The maximum Gasteiger partial charge on any atom is 0.333 e. The van der Waals surface area contributed by atoms with Crippen LogP contribution in [0.1, 0.15) is 240 Å². The van der Waals surface area contributed by atoms with E-state index in [0.29, 0.717) is 19.4 Å². The number of unbranched alkanes of at least 4 members (excludes halogenated alkanes) is 24. The van der Waals surface area contributed by atoms with E-state index in [1.807, 2.05) is 0 Å². The second-order valence-electron chi connectivity index (χ2n) is 17.1. The van der Waals surface area contributed by atoms with Gasteiger partial charge in [0.15, 0.2) is 6.10 Å². The number of hydrogen-bond donors (Lipinski definition) is 0. The number of quaternary nitrogens is 1. The van der Waals surface area contributed by atoms with Gasteiger partial charge in [-0.05, 0) is 32.1 Å². The lowest BCUT2D eigenvalue weighted by Gasteiger charge is -2.38. The van der Waals surface area contributed by atoms with Crippen LogP contribution < -0.4 is 12.4 Å². The Morgan fingerprint density at radius 3 is 1.27 bits per heavy atom. The molecule has 0 aromatic carbocycles. The van der Waals surface area contributed by atoms with E-state index in [4.69, 9.17) is 28.3 Å². The fourth-order valence-corrected chi connectivity index (χ4v) is 9.00. The molecule has 0 bridgehead atoms. The Bertz CT molecular complexity index is 955. The molecule has 0 rings (SSSR count). The molecule has 0 aromatic heterocycles. The van der Waals surface area contributed by atoms with Crippen molar-refractivity contribution < 1.29 is 49.5 Å². The zero-order valence-corrected chi connectivity index (χ0v) is 41.6. The molecule has 11 heteroatoms. The third-order valence-electron chi connectivity index (χ3n) is 11.3. The summed E-state index contributed by atoms with van der Waals surface area (Å²) in [4.78, 5) is 25.8. The number of nitrogens with zero attached hydrogens (tertiary/aromatic N) is 2. The maximum absolute atomic E-state index is 13.0. The predicted octanol–water partition coefficient (Wildman–Crippen LogP) is 11.6. The van der Waals surface area contributed by atoms with Crippen molar-refractivity contribution in [3.63, 3.8) is 0 Å². The van der Waals surface area contributed by atoms with Crippen molar-refractivity contribution in [3.8, 4) is 6.07 Å². The molecule has 60 heavy (non-hydrogen) atoms. The number of carbonyl (C=O) groups is 2. The first-order chi connectivity index (χ1) is 28.9. The summed E-state index contributed by atoms with van der Waals surface area (Å²) in [6, 6.07) is 2.12. The highest BCUT2D eigenvalue weighted by Crippen LogP contribution is 2.40. The van der Waals surface area contributed by atoms with Gasteiger partial charge in [0.05, 0.1) is 45.3 Å². The average Bonchev–Trinajstić information content (AvgIpc) is 3.22. The number of esters is 2. The number of carbonyl (C=O) groups excluding carboxylic acids is 2. The molecule has 0 aliphatic heterocycles. The molecule has 2 atom stereocenters. The molecule has 0 amide bonds. The highest BCUT2D eigenvalue weighted by atomic mass is 35.5. The van der Waals surface area contributed by atoms with E-state index in [2.05, 4.69) is 40.7 Å². The van der Waals surface area contributed by atoms with E-state index < -0.39 is 14.7 Å². The fourth-order valence-electron chi connectivity index (χ4n) is 8.02. The average molecular weight is 892 g/mol. The van der Waals surface area contributed by atoms with Crippen molar-refractivity contribution in [1.29, 1.82) is 5.26 Å². The monoisotopic (exact) mass is 891 g/mol. The van der Waals surface area contributed by atoms with Crippen molar-refractivity contribution in [2.75, 3.05) is 52.6 Å². The second kappa shape index (κ2) is 47.5. The van der Waals surface area contributed by atoms with Gasteiger partial charge in [-0.3, -0.25) is 9.59 Å². The summed E-state index contributed by atoms with van der Waals surface area (Å²) < 4.78 is 30.7. The lowest BCUT2D eigenvalue weighted by molar-refractivity contribution is -0.928. The van der Waals surface area contributed by atoms with Gasteiger partial charge in [0.1, 0.15) is 19.8 Å². The summed E-state index contributed by atoms with van der Waals surface area (Å²) in [6.45, 7) is 16.0. The Labute approximate surface area is 378 Å². The number of ether oxygens (including phenoxy) is 2. The van der Waals surface area contributed by atoms with E-state index in [1.165, 1.54) is 128 Å². The van der Waals surface area contributed by atoms with Crippen LogP contribution in [-0.4, -0.2) is 75.1 Å². The molecule has 0 radical (unpaired) electrons. The minimum Gasteiger partial charge on any atom is -1.00 e. The zero-order valence-electron chi connectivity index (χ0n) is 39.9. The molecule has 9 nitrogen and oxygen atoms in total. The van der Waals surface area contributed by atoms with Crippen molar-refractivity contribution in [1.82, 2.24) is 0 Å². The molecule has 0 aliphatic rings. The summed E-state index contributed by atoms with van der Waals surface area (Å²) in [7, 11) is -1.78. The van der Waals surface area contributed by atoms with Crippen LogP contribution in [0.15, 0.2) is 0 Å². The van der Waals surface area contributed by atoms with Crippen LogP contribution in [0.25, 0.3) is 0 Å². The molecule has 0 spiro atoms. The van der Waals surface area contributed by atoms with Gasteiger partial charge in [-0.25, -0.2) is 0 Å². The van der Waals surface area contributed by atoms with Crippen LogP contribution in [0, 0.1) is 11.3 Å². The predicted molar refractivity (Wildman–Crippen MR) is 247 cm³/mol. The normalized spacial score (nSPS) is 12.5. The van der Waals surface area contributed by atoms with Crippen molar-refractivity contribution >= 4 is 20.5 Å². The molecule has 0 saturated heterocycles. The third-order valence-corrected chi connectivity index (χ3v) is 12.5. The molecule has 0 aliphatic carbocycles. The highest BCUT2D eigenvalue weighted by Gasteiger charge is 2.27. The number of nitriles is 1. The van der Waals surface area contributed by atoms with E-state index in [0.717, 1.165) is 88.4 Å². The quantitative estimate of drug-likeness (QED) is 0.0258. The first-order valence-electron chi connectivity index (χ1n) is 25.2. The van der Waals surface area contributed by atoms with Gasteiger partial charge in [-0.2, -0.15) is 5.26 Å². The summed E-state index contributed by atoms with van der Waals surface area (Å²) >= 11 is 0. The van der Waals surface area contributed by atoms with Gasteiger partial charge < -0.3 is 39.9 Å². The maximum atomic E-state index is 13.0. The van der Waals surface area contributed by atoms with Crippen LogP contribution in [0.3, 0.4) is 0 Å². The lowest BCUT2D eigenvalue weighted by Crippen LogP contribution is -3.00. The molecule has 0 heterocycles. The Morgan fingerprint density at radius 2 is 0.867 bits per heavy atom. The Morgan fingerprint density at radius 1 is 0.483 bits per heavy atom. The second-order valence-corrected chi connectivity index (χ2v) is 18.3. The Kier molecular flexibility index (Phi) is 48.3. The number of halogens is 1. The van der Waals surface area contributed by atoms with Gasteiger partial charge >= 0.3 is 20.5 Å². The van der Waals surface area contributed by atoms with Crippen LogP contribution in [0.2, 0.25) is 0 Å². The SMILES string of the molecule is CCCCCCCCCCCCCCCC(=O)OCC(COP(OCCC#N)OCC[N+](CCC)(CCC)CCC)OC(=O)CCCCCCCCCCCCCCC.[Cl-]. The van der Waals surface area contributed by atoms with E-state index >= 15 is 0 Å². The fraction of sp³-hybridized carbons (Fsp3) is 0.939. The minimum atomic E-state index is -1.78. The minimum absolute atomic E-state index is 0. The lowest BCUT2D eigenvalue weighted by atomic mass is 10.0. The highest BCUT2D eigenvalue weighted by molar-refractivity contribution is 7.41. The van der Waals surface area contributed by atoms with Gasteiger partial charge in [0, 0.05) is 12.8 Å². The van der Waals surface area contributed by atoms with Crippen LogP contribution in [0.5, 0.6) is 0 Å². The van der Waals surface area contributed by atoms with Crippen LogP contribution >= 0.6 is 8.60 Å². The molecule has 0 saturated carbocycles. The van der Waals surface area contributed by atoms with Crippen LogP contribution in [0.4, 0.5) is 0 Å². The molecule has 0 N–H and O–H groups in total. The number of hydrogen-bond acceptors (Lipinski definition) is 8. The van der Waals surface area contributed by atoms with Crippen molar-refractivity contribution in [3.05, 3.63) is 0 Å². The van der Waals surface area contributed by atoms with Crippen molar-refractivity contribution in [2.24, 2.45) is 0 Å². The summed E-state index contributed by atoms with van der Waals surface area (Å²) in [6.07, 6.45) is 35.9. The van der Waals surface area contributed by atoms with Crippen LogP contribution in [-0.2, 0) is 32.6 Å². The molecular formula is C49H96ClN2O7P. The zero-order chi connectivity index (χ0) is 43.3. The van der Waals surface area contributed by atoms with E-state index in [9.17, 15) is 9.59 Å². The molecular weight excluding hydrogens is 795 g/mol. The summed E-state index contributed by atoms with van der Waals surface area (Å²) in [5, 5.41) is 9.13. The molecule has 0 aromatic rings. The topological polar surface area (TPSA) is 104 Å². The standard InChI is InChI=1S/C49H96N2O7P.ClH/c1-6-11-13-15-17-19-21-23-25-27-29-31-33-36-48(52)54-45-47(58-49(53)37-34-32-30-28-26-24-22-20-18-16-14-12-7-2)46-57-59(55-43-35-38-50)56-44-42-51(39-8-3,40-9-4)41-10-5;/h47H,6-37,39-46H2,1-5H3;1H/q+1;/p-1. The third kappa shape index (κ3) is 39.8. The first kappa shape index (κ1) is 61.1. The van der Waals surface area contributed by atoms with Gasteiger partial charge in [0.25, 0.3) is 0 Å². The van der Waals surface area contributed by atoms with Gasteiger partial charge in [-0.15, -0.1) is 0 Å². The summed E-state index contributed by atoms with van der Waals surface area (Å²) in [5.74, 6) is -0.572. The molecule has 0 fully saturated rings. The summed E-state index contributed by atoms with van der Waals surface area (Å²) in [5.41, 5.74) is 0. The Hall–Kier alpha value is -1.01. The number of rotatable bonds is 47. The molecule has 2 unspecified atom stereocenters. The first-order valence-corrected chi connectivity index (χ1v) is 26.3. The van der Waals surface area contributed by atoms with E-state index in [1.54, 1.807) is 0 Å². The molecule has 356 valence electrons.